The molecule has 2 N–H and O–H groups in total. The summed E-state index contributed by atoms with van der Waals surface area (Å²) >= 11 is 7.61. The van der Waals surface area contributed by atoms with Crippen molar-refractivity contribution in [1.82, 2.24) is 0 Å². The molecule has 0 amide bonds. The molecule has 13 heavy (non-hydrogen) atoms. The summed E-state index contributed by atoms with van der Waals surface area (Å²) in [6, 6.07) is 2.23. The van der Waals surface area contributed by atoms with E-state index >= 15 is 0 Å². The molecule has 1 heterocycles. The predicted molar refractivity (Wildman–Crippen MR) is 58.1 cm³/mol. The average molecular weight is 216 g/mol. The first-order valence-electron chi connectivity index (χ1n) is 4.72. The van der Waals surface area contributed by atoms with E-state index < -0.39 is 0 Å². The highest BCUT2D eigenvalue weighted by atomic mass is 35.5. The Labute approximate surface area is 87.9 Å². The second-order valence-electron chi connectivity index (χ2n) is 3.74. The normalized spacial score (nSPS) is 28.8. The molecule has 1 aliphatic rings. The molecule has 72 valence electrons. The molecule has 0 aromatic carbocycles. The lowest BCUT2D eigenvalue weighted by molar-refractivity contribution is 0.568. The van der Waals surface area contributed by atoms with Gasteiger partial charge in [0, 0.05) is 6.04 Å². The van der Waals surface area contributed by atoms with Crippen molar-refractivity contribution in [2.45, 2.75) is 25.8 Å². The molecule has 0 saturated heterocycles. The predicted octanol–water partition coefficient (Wildman–Crippen LogP) is 3.45. The number of nitrogens with two attached hydrogens (primary N) is 1. The van der Waals surface area contributed by atoms with Gasteiger partial charge in [-0.3, -0.25) is 0 Å². The van der Waals surface area contributed by atoms with Crippen molar-refractivity contribution in [1.29, 1.82) is 0 Å². The standard InChI is InChI=1S/C10H14ClNS/c1-2-6-5-8(6)9(12)7-3-4-13-10(7)11/h3-4,6,8-9H,2,5,12H2,1H3. The smallest absolute Gasteiger partial charge is 0.0976 e. The zero-order valence-corrected chi connectivity index (χ0v) is 9.24. The third kappa shape index (κ3) is 1.76. The van der Waals surface area contributed by atoms with Gasteiger partial charge >= 0.3 is 0 Å². The van der Waals surface area contributed by atoms with E-state index in [1.54, 1.807) is 11.3 Å². The molecule has 1 aromatic rings. The third-order valence-corrected chi connectivity index (χ3v) is 4.17. The van der Waals surface area contributed by atoms with E-state index in [2.05, 4.69) is 13.0 Å². The Morgan fingerprint density at radius 1 is 1.77 bits per heavy atom. The van der Waals surface area contributed by atoms with Crippen LogP contribution in [-0.4, -0.2) is 0 Å². The van der Waals surface area contributed by atoms with E-state index in [0.29, 0.717) is 5.92 Å². The topological polar surface area (TPSA) is 26.0 Å². The van der Waals surface area contributed by atoms with Crippen LogP contribution in [0.1, 0.15) is 31.4 Å². The zero-order chi connectivity index (χ0) is 9.42. The van der Waals surface area contributed by atoms with Crippen molar-refractivity contribution < 1.29 is 0 Å². The van der Waals surface area contributed by atoms with Gasteiger partial charge in [0.05, 0.1) is 4.34 Å². The van der Waals surface area contributed by atoms with Crippen molar-refractivity contribution in [2.75, 3.05) is 0 Å². The molecule has 1 saturated carbocycles. The first-order valence-corrected chi connectivity index (χ1v) is 5.98. The van der Waals surface area contributed by atoms with Crippen LogP contribution < -0.4 is 5.73 Å². The highest BCUT2D eigenvalue weighted by molar-refractivity contribution is 7.14. The summed E-state index contributed by atoms with van der Waals surface area (Å²) in [6.45, 7) is 2.23. The molecule has 1 aliphatic carbocycles. The Morgan fingerprint density at radius 3 is 3.00 bits per heavy atom. The van der Waals surface area contributed by atoms with E-state index in [1.165, 1.54) is 12.8 Å². The van der Waals surface area contributed by atoms with Crippen LogP contribution in [-0.2, 0) is 0 Å². The molecule has 1 nitrogen and oxygen atoms in total. The Kier molecular flexibility index (Phi) is 2.63. The minimum Gasteiger partial charge on any atom is -0.324 e. The Hall–Kier alpha value is -0.0500. The van der Waals surface area contributed by atoms with Gasteiger partial charge in [0.15, 0.2) is 0 Å². The monoisotopic (exact) mass is 215 g/mol. The molecule has 3 unspecified atom stereocenters. The largest absolute Gasteiger partial charge is 0.324 e. The van der Waals surface area contributed by atoms with Crippen LogP contribution >= 0.6 is 22.9 Å². The lowest BCUT2D eigenvalue weighted by Crippen LogP contribution is -2.13. The van der Waals surface area contributed by atoms with E-state index in [0.717, 1.165) is 15.8 Å². The van der Waals surface area contributed by atoms with Gasteiger partial charge in [0.1, 0.15) is 0 Å². The minimum absolute atomic E-state index is 0.170. The minimum atomic E-state index is 0.170. The summed E-state index contributed by atoms with van der Waals surface area (Å²) in [4.78, 5) is 0. The van der Waals surface area contributed by atoms with Gasteiger partial charge in [-0.25, -0.2) is 0 Å². The molecule has 3 atom stereocenters. The summed E-state index contributed by atoms with van der Waals surface area (Å²) in [6.07, 6.45) is 2.53. The van der Waals surface area contributed by atoms with Crippen LogP contribution in [0.5, 0.6) is 0 Å². The van der Waals surface area contributed by atoms with Crippen LogP contribution in [0, 0.1) is 11.8 Å². The summed E-state index contributed by atoms with van der Waals surface area (Å²) in [5.41, 5.74) is 7.28. The number of hydrogen-bond donors (Lipinski definition) is 1. The van der Waals surface area contributed by atoms with Gasteiger partial charge < -0.3 is 5.73 Å². The molecule has 3 heteroatoms. The second kappa shape index (κ2) is 3.60. The lowest BCUT2D eigenvalue weighted by Gasteiger charge is -2.09. The highest BCUT2D eigenvalue weighted by Gasteiger charge is 2.41. The van der Waals surface area contributed by atoms with Gasteiger partial charge in [-0.05, 0) is 35.3 Å². The molecule has 0 spiro atoms. The maximum Gasteiger partial charge on any atom is 0.0976 e. The number of hydrogen-bond acceptors (Lipinski definition) is 2. The fourth-order valence-electron chi connectivity index (χ4n) is 1.95. The van der Waals surface area contributed by atoms with Crippen molar-refractivity contribution >= 4 is 22.9 Å². The van der Waals surface area contributed by atoms with Crippen molar-refractivity contribution in [3.05, 3.63) is 21.3 Å². The van der Waals surface area contributed by atoms with Gasteiger partial charge in [-0.1, -0.05) is 24.9 Å². The van der Waals surface area contributed by atoms with E-state index in [1.807, 2.05) is 5.38 Å². The molecule has 1 fully saturated rings. The fourth-order valence-corrected chi connectivity index (χ4v) is 2.97. The first kappa shape index (κ1) is 9.50. The quantitative estimate of drug-likeness (QED) is 0.822. The van der Waals surface area contributed by atoms with E-state index in [4.69, 9.17) is 17.3 Å². The summed E-state index contributed by atoms with van der Waals surface area (Å²) < 4.78 is 0.870. The Morgan fingerprint density at radius 2 is 2.54 bits per heavy atom. The van der Waals surface area contributed by atoms with E-state index in [-0.39, 0.29) is 6.04 Å². The molecular weight excluding hydrogens is 202 g/mol. The van der Waals surface area contributed by atoms with Crippen molar-refractivity contribution in [3.63, 3.8) is 0 Å². The third-order valence-electron chi connectivity index (χ3n) is 2.97. The number of thiophene rings is 1. The molecular formula is C10H14ClNS. The number of halogens is 1. The van der Waals surface area contributed by atoms with E-state index in [9.17, 15) is 0 Å². The Bertz CT molecular complexity index is 297. The molecule has 0 aliphatic heterocycles. The van der Waals surface area contributed by atoms with Crippen LogP contribution in [0.2, 0.25) is 4.34 Å². The second-order valence-corrected chi connectivity index (χ2v) is 5.26. The maximum absolute atomic E-state index is 6.13. The van der Waals surface area contributed by atoms with Gasteiger partial charge in [0.2, 0.25) is 0 Å². The van der Waals surface area contributed by atoms with Crippen molar-refractivity contribution in [2.24, 2.45) is 17.6 Å². The molecule has 0 radical (unpaired) electrons. The zero-order valence-electron chi connectivity index (χ0n) is 7.66. The van der Waals surface area contributed by atoms with Crippen LogP contribution in [0.25, 0.3) is 0 Å². The fraction of sp³-hybridized carbons (Fsp3) is 0.600. The van der Waals surface area contributed by atoms with Gasteiger partial charge in [0.25, 0.3) is 0 Å². The maximum atomic E-state index is 6.13. The van der Waals surface area contributed by atoms with Gasteiger partial charge in [-0.2, -0.15) is 0 Å². The summed E-state index contributed by atoms with van der Waals surface area (Å²) in [5.74, 6) is 1.52. The van der Waals surface area contributed by atoms with Crippen LogP contribution in [0.15, 0.2) is 11.4 Å². The SMILES string of the molecule is CCC1CC1C(N)c1ccsc1Cl. The highest BCUT2D eigenvalue weighted by Crippen LogP contribution is 2.49. The van der Waals surface area contributed by atoms with Crippen LogP contribution in [0.3, 0.4) is 0 Å². The summed E-state index contributed by atoms with van der Waals surface area (Å²) in [5, 5.41) is 2.01. The molecule has 2 rings (SSSR count). The lowest BCUT2D eigenvalue weighted by atomic mass is 10.0. The first-order chi connectivity index (χ1) is 6.24. The Balaban J connectivity index is 2.06. The molecule has 0 bridgehead atoms. The number of rotatable bonds is 3. The average Bonchev–Trinajstić information content (AvgIpc) is 2.80. The van der Waals surface area contributed by atoms with Crippen LogP contribution in [0.4, 0.5) is 0 Å². The molecule has 1 aromatic heterocycles. The summed E-state index contributed by atoms with van der Waals surface area (Å²) in [7, 11) is 0. The van der Waals surface area contributed by atoms with Gasteiger partial charge in [-0.15, -0.1) is 11.3 Å². The van der Waals surface area contributed by atoms with Crippen molar-refractivity contribution in [3.8, 4) is 0 Å².